The number of hydrogen-bond acceptors (Lipinski definition) is 3. The smallest absolute Gasteiger partial charge is 0.0963 e. The van der Waals surface area contributed by atoms with E-state index in [1.165, 1.54) is 72.0 Å². The van der Waals surface area contributed by atoms with Gasteiger partial charge in [-0.2, -0.15) is 0 Å². The van der Waals surface area contributed by atoms with Crippen LogP contribution in [0.4, 0.5) is 0 Å². The summed E-state index contributed by atoms with van der Waals surface area (Å²) >= 11 is 0. The summed E-state index contributed by atoms with van der Waals surface area (Å²) in [5, 5.41) is 5.74. The molecule has 1 aliphatic heterocycles. The molecule has 57 heavy (non-hydrogen) atoms. The molecule has 5 aromatic carbocycles. The largest absolute Gasteiger partial charge is 0.385 e. The van der Waals surface area contributed by atoms with Gasteiger partial charge in [-0.25, -0.2) is 0 Å². The predicted octanol–water partition coefficient (Wildman–Crippen LogP) is 11.7. The highest BCUT2D eigenvalue weighted by atomic mass is 15.0. The Balaban J connectivity index is 1.02. The van der Waals surface area contributed by atoms with Gasteiger partial charge in [0.25, 0.3) is 0 Å². The molecule has 3 aliphatic rings. The Kier molecular flexibility index (Phi) is 6.96. The van der Waals surface area contributed by atoms with Crippen LogP contribution in [0, 0.1) is 5.92 Å². The van der Waals surface area contributed by atoms with E-state index in [9.17, 15) is 0 Å². The molecule has 5 heteroatoms. The number of hydrogen-bond donors (Lipinski definition) is 1. The predicted molar refractivity (Wildman–Crippen MR) is 233 cm³/mol. The second-order valence-electron chi connectivity index (χ2n) is 15.4. The molecule has 0 radical (unpaired) electrons. The summed E-state index contributed by atoms with van der Waals surface area (Å²) < 4.78 is 4.81. The number of pyridine rings is 2. The molecular weight excluding hydrogens is 695 g/mol. The Bertz CT molecular complexity index is 3140. The van der Waals surface area contributed by atoms with E-state index in [1.54, 1.807) is 0 Å². The number of benzene rings is 5. The molecule has 5 nitrogen and oxygen atoms in total. The SMILES string of the molecule is C1=CCC(C2(c3ccccc3)c3ccccc3-c3c2ccc2c4ncccc4n(-c4ccc(-c5ccc(-n6c7c(c8cnccc86)C=CNC7)cc5)cc4)c32)C=C1. The van der Waals surface area contributed by atoms with Gasteiger partial charge < -0.3 is 14.5 Å². The maximum absolute atomic E-state index is 5.01. The van der Waals surface area contributed by atoms with E-state index < -0.39 is 0 Å². The van der Waals surface area contributed by atoms with Crippen LogP contribution in [0.25, 0.3) is 72.5 Å². The molecule has 0 amide bonds. The molecule has 0 bridgehead atoms. The summed E-state index contributed by atoms with van der Waals surface area (Å²) in [6, 6.07) is 49.4. The number of allylic oxidation sites excluding steroid dienone is 4. The number of nitrogens with one attached hydrogen (secondary N) is 1. The first-order chi connectivity index (χ1) is 28.3. The van der Waals surface area contributed by atoms with Crippen molar-refractivity contribution >= 4 is 38.9 Å². The summed E-state index contributed by atoms with van der Waals surface area (Å²) in [5.74, 6) is 0.263. The van der Waals surface area contributed by atoms with Gasteiger partial charge in [0, 0.05) is 51.9 Å². The minimum atomic E-state index is -0.344. The Hall–Kier alpha value is -7.24. The number of fused-ring (bicyclic) bond motifs is 10. The van der Waals surface area contributed by atoms with Crippen LogP contribution in [0.2, 0.25) is 0 Å². The zero-order valence-electron chi connectivity index (χ0n) is 31.2. The van der Waals surface area contributed by atoms with Gasteiger partial charge in [0.2, 0.25) is 0 Å². The molecule has 5 heterocycles. The summed E-state index contributed by atoms with van der Waals surface area (Å²) in [4.78, 5) is 9.44. The maximum atomic E-state index is 5.01. The van der Waals surface area contributed by atoms with E-state index in [4.69, 9.17) is 4.98 Å². The monoisotopic (exact) mass is 731 g/mol. The van der Waals surface area contributed by atoms with Gasteiger partial charge in [-0.1, -0.05) is 115 Å². The Morgan fingerprint density at radius 3 is 2.25 bits per heavy atom. The van der Waals surface area contributed by atoms with Gasteiger partial charge in [-0.05, 0) is 100 Å². The van der Waals surface area contributed by atoms with Crippen LogP contribution in [-0.4, -0.2) is 19.1 Å². The van der Waals surface area contributed by atoms with Gasteiger partial charge in [-0.15, -0.1) is 0 Å². The van der Waals surface area contributed by atoms with Crippen molar-refractivity contribution in [2.45, 2.75) is 18.4 Å². The fourth-order valence-corrected chi connectivity index (χ4v) is 10.3. The van der Waals surface area contributed by atoms with Crippen molar-refractivity contribution < 1.29 is 0 Å². The zero-order chi connectivity index (χ0) is 37.5. The first kappa shape index (κ1) is 32.0. The van der Waals surface area contributed by atoms with Crippen LogP contribution in [-0.2, 0) is 12.0 Å². The topological polar surface area (TPSA) is 47.7 Å². The average molecular weight is 732 g/mol. The van der Waals surface area contributed by atoms with Gasteiger partial charge in [0.05, 0.1) is 39.7 Å². The van der Waals surface area contributed by atoms with E-state index in [1.807, 2.05) is 24.8 Å². The molecule has 9 aromatic rings. The number of rotatable bonds is 5. The lowest BCUT2D eigenvalue weighted by molar-refractivity contribution is 0.457. The van der Waals surface area contributed by atoms with Crippen molar-refractivity contribution in [2.24, 2.45) is 5.92 Å². The molecule has 2 aliphatic carbocycles. The molecule has 2 unspecified atom stereocenters. The van der Waals surface area contributed by atoms with Gasteiger partial charge in [-0.3, -0.25) is 9.97 Å². The maximum Gasteiger partial charge on any atom is 0.0963 e. The molecule has 0 spiro atoms. The van der Waals surface area contributed by atoms with Gasteiger partial charge in [0.15, 0.2) is 0 Å². The van der Waals surface area contributed by atoms with Gasteiger partial charge >= 0.3 is 0 Å². The van der Waals surface area contributed by atoms with Crippen molar-refractivity contribution in [1.82, 2.24) is 24.4 Å². The van der Waals surface area contributed by atoms with Crippen LogP contribution < -0.4 is 5.32 Å². The minimum Gasteiger partial charge on any atom is -0.385 e. The third kappa shape index (κ3) is 4.51. The fraction of sp³-hybridized carbons (Fsp3) is 0.0769. The third-order valence-electron chi connectivity index (χ3n) is 12.6. The van der Waals surface area contributed by atoms with Crippen LogP contribution >= 0.6 is 0 Å². The summed E-state index contributed by atoms with van der Waals surface area (Å²) in [7, 11) is 0. The first-order valence-corrected chi connectivity index (χ1v) is 19.8. The second kappa shape index (κ2) is 12.4. The van der Waals surface area contributed by atoms with E-state index in [0.717, 1.165) is 35.4 Å². The number of nitrogens with zero attached hydrogens (tertiary/aromatic N) is 4. The standard InChI is InChI=1S/C52H37N5/c1-3-10-36(11-4-1)52(37-12-5-2-6-13-37)44-15-8-7-14-41(44)49-45(52)26-25-42-50-47(16-9-29-55-50)57(51(42)49)39-23-19-35(20-24-39)34-17-21-38(22-18-34)56-46-28-31-53-32-43(46)40-27-30-54-33-48(40)56/h1-12,14-32,37,54H,13,33H2. The average Bonchev–Trinajstić information content (AvgIpc) is 3.92. The molecule has 270 valence electrons. The molecule has 1 N–H and O–H groups in total. The number of aromatic nitrogens is 4. The van der Waals surface area contributed by atoms with Crippen LogP contribution in [0.3, 0.4) is 0 Å². The zero-order valence-corrected chi connectivity index (χ0v) is 31.2. The molecule has 0 fully saturated rings. The van der Waals surface area contributed by atoms with Crippen molar-refractivity contribution in [1.29, 1.82) is 0 Å². The minimum absolute atomic E-state index is 0.263. The summed E-state index contributed by atoms with van der Waals surface area (Å²) in [6.45, 7) is 0.777. The highest BCUT2D eigenvalue weighted by Crippen LogP contribution is 2.60. The molecule has 12 rings (SSSR count). The van der Waals surface area contributed by atoms with Crippen molar-refractivity contribution in [2.75, 3.05) is 0 Å². The van der Waals surface area contributed by atoms with Crippen LogP contribution in [0.15, 0.2) is 183 Å². The molecule has 0 saturated heterocycles. The van der Waals surface area contributed by atoms with E-state index in [2.05, 4.69) is 183 Å². The molecular formula is C52H37N5. The lowest BCUT2D eigenvalue weighted by Gasteiger charge is -2.39. The second-order valence-corrected chi connectivity index (χ2v) is 15.4. The Morgan fingerprint density at radius 1 is 0.649 bits per heavy atom. The first-order valence-electron chi connectivity index (χ1n) is 19.8. The van der Waals surface area contributed by atoms with E-state index >= 15 is 0 Å². The Labute approximate surface area is 330 Å². The Morgan fingerprint density at radius 2 is 1.44 bits per heavy atom. The molecule has 0 saturated carbocycles. The van der Waals surface area contributed by atoms with E-state index in [0.29, 0.717) is 0 Å². The highest BCUT2D eigenvalue weighted by Gasteiger charge is 2.50. The highest BCUT2D eigenvalue weighted by molar-refractivity contribution is 6.14. The van der Waals surface area contributed by atoms with Crippen molar-refractivity contribution in [3.05, 3.63) is 211 Å². The lowest BCUT2D eigenvalue weighted by Crippen LogP contribution is -2.35. The third-order valence-corrected chi connectivity index (χ3v) is 12.6. The quantitative estimate of drug-likeness (QED) is 0.192. The van der Waals surface area contributed by atoms with Crippen molar-refractivity contribution in [3.63, 3.8) is 0 Å². The molecule has 4 aromatic heterocycles. The summed E-state index contributed by atoms with van der Waals surface area (Å²) in [5.41, 5.74) is 17.9. The lowest BCUT2D eigenvalue weighted by atomic mass is 9.62. The van der Waals surface area contributed by atoms with Crippen molar-refractivity contribution in [3.8, 4) is 33.6 Å². The molecule has 2 atom stereocenters. The fourth-order valence-electron chi connectivity index (χ4n) is 10.3. The van der Waals surface area contributed by atoms with E-state index in [-0.39, 0.29) is 11.3 Å². The van der Waals surface area contributed by atoms with Gasteiger partial charge in [0.1, 0.15) is 0 Å². The van der Waals surface area contributed by atoms with Crippen LogP contribution in [0.1, 0.15) is 34.4 Å². The van der Waals surface area contributed by atoms with Crippen LogP contribution in [0.5, 0.6) is 0 Å². The summed E-state index contributed by atoms with van der Waals surface area (Å²) in [6.07, 6.45) is 20.1. The normalized spacial score (nSPS) is 17.9.